The third-order valence-corrected chi connectivity index (χ3v) is 4.83. The van der Waals surface area contributed by atoms with Crippen molar-refractivity contribution in [3.8, 4) is 5.75 Å². The first kappa shape index (κ1) is 15.9. The fourth-order valence-corrected chi connectivity index (χ4v) is 3.48. The second kappa shape index (κ2) is 6.74. The van der Waals surface area contributed by atoms with Crippen LogP contribution in [0.4, 0.5) is 11.4 Å². The van der Waals surface area contributed by atoms with Gasteiger partial charge in [0.25, 0.3) is 0 Å². The predicted molar refractivity (Wildman–Crippen MR) is 100 cm³/mol. The van der Waals surface area contributed by atoms with Crippen LogP contribution in [0, 0.1) is 0 Å². The maximum Gasteiger partial charge on any atom is 0.142 e. The van der Waals surface area contributed by atoms with Crippen LogP contribution >= 0.6 is 0 Å². The number of hydrogen-bond donors (Lipinski definition) is 5. The first-order chi connectivity index (χ1) is 12.3. The van der Waals surface area contributed by atoms with Crippen molar-refractivity contribution in [3.05, 3.63) is 54.1 Å². The van der Waals surface area contributed by atoms with Crippen molar-refractivity contribution < 1.29 is 5.11 Å². The highest BCUT2D eigenvalue weighted by atomic mass is 16.3. The highest BCUT2D eigenvalue weighted by Crippen LogP contribution is 2.36. The molecular formula is C19H23N5O. The predicted octanol–water partition coefficient (Wildman–Crippen LogP) is 2.26. The highest BCUT2D eigenvalue weighted by Gasteiger charge is 2.40. The van der Waals surface area contributed by atoms with Crippen LogP contribution in [0.1, 0.15) is 18.4 Å². The lowest BCUT2D eigenvalue weighted by atomic mass is 9.85. The number of aliphatic imine (C=N–C) groups is 1. The number of phenols is 1. The van der Waals surface area contributed by atoms with Gasteiger partial charge in [-0.1, -0.05) is 24.3 Å². The molecule has 1 saturated heterocycles. The van der Waals surface area contributed by atoms with Gasteiger partial charge in [-0.2, -0.15) is 0 Å². The molecule has 4 rings (SSSR count). The molecule has 2 aliphatic rings. The van der Waals surface area contributed by atoms with Crippen molar-refractivity contribution in [2.24, 2.45) is 4.99 Å². The van der Waals surface area contributed by atoms with Gasteiger partial charge in [-0.3, -0.25) is 0 Å². The van der Waals surface area contributed by atoms with E-state index in [2.05, 4.69) is 27.6 Å². The standard InChI is InChI=1S/C19H23N5O/c25-15-5-3-4-14(12-15)13-21-24-18-19(8-10-20-11-9-19)23-17-7-2-1-6-16(17)22-18/h1-7,12,20-21,23,25H,8-11,13H2,(H,22,24). The summed E-state index contributed by atoms with van der Waals surface area (Å²) < 4.78 is 0. The normalized spacial score (nSPS) is 18.2. The van der Waals surface area contributed by atoms with Crippen LogP contribution in [-0.4, -0.2) is 29.6 Å². The Morgan fingerprint density at radius 3 is 2.76 bits per heavy atom. The Morgan fingerprint density at radius 1 is 1.08 bits per heavy atom. The Bertz CT molecular complexity index is 783. The van der Waals surface area contributed by atoms with Gasteiger partial charge in [0.05, 0.1) is 16.9 Å². The summed E-state index contributed by atoms with van der Waals surface area (Å²) >= 11 is 0. The third kappa shape index (κ3) is 3.31. The van der Waals surface area contributed by atoms with Crippen LogP contribution in [0.3, 0.4) is 0 Å². The fraction of sp³-hybridized carbons (Fsp3) is 0.316. The lowest BCUT2D eigenvalue weighted by Gasteiger charge is -2.42. The molecular weight excluding hydrogens is 314 g/mol. The van der Waals surface area contributed by atoms with Crippen LogP contribution < -0.4 is 21.5 Å². The van der Waals surface area contributed by atoms with Crippen molar-refractivity contribution in [1.29, 1.82) is 0 Å². The van der Waals surface area contributed by atoms with Crippen molar-refractivity contribution in [2.45, 2.75) is 24.9 Å². The highest BCUT2D eigenvalue weighted by molar-refractivity contribution is 6.00. The molecule has 0 amide bonds. The molecule has 6 nitrogen and oxygen atoms in total. The largest absolute Gasteiger partial charge is 0.508 e. The van der Waals surface area contributed by atoms with E-state index in [1.54, 1.807) is 12.1 Å². The van der Waals surface area contributed by atoms with Gasteiger partial charge >= 0.3 is 0 Å². The van der Waals surface area contributed by atoms with Gasteiger partial charge in [-0.15, -0.1) is 0 Å². The van der Waals surface area contributed by atoms with E-state index in [0.29, 0.717) is 6.54 Å². The number of nitrogens with one attached hydrogen (secondary N) is 4. The molecule has 1 fully saturated rings. The summed E-state index contributed by atoms with van der Waals surface area (Å²) in [4.78, 5) is 4.87. The number of fused-ring (bicyclic) bond motifs is 1. The second-order valence-electron chi connectivity index (χ2n) is 6.58. The molecule has 0 unspecified atom stereocenters. The van der Waals surface area contributed by atoms with Crippen LogP contribution in [0.15, 0.2) is 53.5 Å². The summed E-state index contributed by atoms with van der Waals surface area (Å²) in [5.74, 6) is 1.20. The number of nitrogens with zero attached hydrogens (tertiary/aromatic N) is 1. The maximum atomic E-state index is 9.58. The first-order valence-corrected chi connectivity index (χ1v) is 8.69. The zero-order valence-electron chi connectivity index (χ0n) is 14.0. The summed E-state index contributed by atoms with van der Waals surface area (Å²) in [6.07, 6.45) is 1.95. The Balaban J connectivity index is 1.53. The number of anilines is 1. The minimum atomic E-state index is -0.175. The van der Waals surface area contributed by atoms with E-state index in [0.717, 1.165) is 48.7 Å². The smallest absolute Gasteiger partial charge is 0.142 e. The number of para-hydroxylation sites is 2. The van der Waals surface area contributed by atoms with Crippen molar-refractivity contribution in [3.63, 3.8) is 0 Å². The number of benzene rings is 2. The Morgan fingerprint density at radius 2 is 1.92 bits per heavy atom. The van der Waals surface area contributed by atoms with Gasteiger partial charge < -0.3 is 21.2 Å². The van der Waals surface area contributed by atoms with Crippen molar-refractivity contribution >= 4 is 17.2 Å². The van der Waals surface area contributed by atoms with Crippen LogP contribution in [0.25, 0.3) is 0 Å². The number of piperidine rings is 1. The maximum absolute atomic E-state index is 9.58. The minimum absolute atomic E-state index is 0.175. The topological polar surface area (TPSA) is 80.7 Å². The SMILES string of the molecule is Oc1cccc(CNNC2=Nc3ccccc3NC23CCNCC3)c1. The van der Waals surface area contributed by atoms with E-state index in [1.807, 2.05) is 30.3 Å². The molecule has 0 aromatic heterocycles. The van der Waals surface area contributed by atoms with E-state index in [-0.39, 0.29) is 11.3 Å². The number of hydrogen-bond acceptors (Lipinski definition) is 6. The number of hydrazine groups is 1. The van der Waals surface area contributed by atoms with Crippen molar-refractivity contribution in [2.75, 3.05) is 18.4 Å². The molecule has 2 heterocycles. The Kier molecular flexibility index (Phi) is 4.29. The fourth-order valence-electron chi connectivity index (χ4n) is 3.48. The van der Waals surface area contributed by atoms with Crippen LogP contribution in [0.5, 0.6) is 5.75 Å². The number of phenolic OH excluding ortho intramolecular Hbond substituents is 1. The van der Waals surface area contributed by atoms with Crippen molar-refractivity contribution in [1.82, 2.24) is 16.2 Å². The average molecular weight is 337 g/mol. The summed E-state index contributed by atoms with van der Waals surface area (Å²) in [5.41, 5.74) is 9.44. The molecule has 2 aliphatic heterocycles. The second-order valence-corrected chi connectivity index (χ2v) is 6.58. The van der Waals surface area contributed by atoms with Gasteiger partial charge in [0.1, 0.15) is 11.6 Å². The van der Waals surface area contributed by atoms with E-state index in [9.17, 15) is 5.11 Å². The zero-order chi connectivity index (χ0) is 17.1. The molecule has 2 aromatic carbocycles. The summed E-state index contributed by atoms with van der Waals surface area (Å²) in [5, 5.41) is 16.7. The lowest BCUT2D eigenvalue weighted by Crippen LogP contribution is -2.60. The molecule has 6 heteroatoms. The van der Waals surface area contributed by atoms with Gasteiger partial charge in [-0.05, 0) is 55.8 Å². The lowest BCUT2D eigenvalue weighted by molar-refractivity contribution is 0.407. The molecule has 0 radical (unpaired) electrons. The van der Waals surface area contributed by atoms with Crippen LogP contribution in [0.2, 0.25) is 0 Å². The molecule has 25 heavy (non-hydrogen) atoms. The quantitative estimate of drug-likeness (QED) is 0.555. The molecule has 0 atom stereocenters. The van der Waals surface area contributed by atoms with E-state index in [1.165, 1.54) is 0 Å². The third-order valence-electron chi connectivity index (χ3n) is 4.83. The Labute approximate surface area is 147 Å². The van der Waals surface area contributed by atoms with Gasteiger partial charge in [0.2, 0.25) is 0 Å². The summed E-state index contributed by atoms with van der Waals surface area (Å²) in [6, 6.07) is 15.4. The molecule has 0 aliphatic carbocycles. The molecule has 0 bridgehead atoms. The first-order valence-electron chi connectivity index (χ1n) is 8.69. The van der Waals surface area contributed by atoms with E-state index in [4.69, 9.17) is 4.99 Å². The van der Waals surface area contributed by atoms with Gasteiger partial charge in [0, 0.05) is 6.54 Å². The number of rotatable bonds is 3. The number of aromatic hydroxyl groups is 1. The monoisotopic (exact) mass is 337 g/mol. The summed E-state index contributed by atoms with van der Waals surface area (Å²) in [7, 11) is 0. The zero-order valence-corrected chi connectivity index (χ0v) is 14.0. The summed E-state index contributed by atoms with van der Waals surface area (Å²) in [6.45, 7) is 2.52. The Hall–Kier alpha value is -2.57. The average Bonchev–Trinajstić information content (AvgIpc) is 2.63. The molecule has 0 saturated carbocycles. The van der Waals surface area contributed by atoms with E-state index < -0.39 is 0 Å². The van der Waals surface area contributed by atoms with Gasteiger partial charge in [0.15, 0.2) is 0 Å². The molecule has 2 aromatic rings. The van der Waals surface area contributed by atoms with Gasteiger partial charge in [-0.25, -0.2) is 10.4 Å². The van der Waals surface area contributed by atoms with Crippen LogP contribution in [-0.2, 0) is 6.54 Å². The molecule has 1 spiro atoms. The minimum Gasteiger partial charge on any atom is -0.508 e. The van der Waals surface area contributed by atoms with E-state index >= 15 is 0 Å². The molecule has 130 valence electrons. The number of amidine groups is 1. The molecule has 5 N–H and O–H groups in total.